The van der Waals surface area contributed by atoms with E-state index in [-0.39, 0.29) is 5.75 Å². The van der Waals surface area contributed by atoms with Crippen LogP contribution < -0.4 is 9.62 Å². The average Bonchev–Trinajstić information content (AvgIpc) is 2.78. The van der Waals surface area contributed by atoms with Gasteiger partial charge in [0.05, 0.1) is 42.0 Å². The molecule has 1 aromatic heterocycles. The molecule has 2 N–H and O–H groups in total. The van der Waals surface area contributed by atoms with Crippen LogP contribution in [0.3, 0.4) is 0 Å². The van der Waals surface area contributed by atoms with Gasteiger partial charge in [-0.15, -0.1) is 0 Å². The number of hydrogen-bond acceptors (Lipinski definition) is 5. The number of aromatic nitrogens is 2. The minimum Gasteiger partial charge on any atom is -0.390 e. The maximum atomic E-state index is 12.1. The summed E-state index contributed by atoms with van der Waals surface area (Å²) in [5, 5.41) is 17.3. The van der Waals surface area contributed by atoms with Gasteiger partial charge in [0.25, 0.3) is 0 Å². The van der Waals surface area contributed by atoms with Gasteiger partial charge in [0.1, 0.15) is 0 Å². The molecule has 3 rings (SSSR count). The van der Waals surface area contributed by atoms with Crippen molar-refractivity contribution in [3.05, 3.63) is 11.9 Å². The van der Waals surface area contributed by atoms with Crippen molar-refractivity contribution >= 4 is 15.7 Å². The number of nitrogens with zero attached hydrogens (tertiary/aromatic N) is 3. The molecule has 0 amide bonds. The van der Waals surface area contributed by atoms with Crippen LogP contribution in [-0.2, 0) is 23.1 Å². The second-order valence-corrected chi connectivity index (χ2v) is 7.21. The molecule has 0 radical (unpaired) electrons. The molecule has 2 aliphatic heterocycles. The summed E-state index contributed by atoms with van der Waals surface area (Å²) in [5.74, 6) is -0.220. The molecule has 3 atom stereocenters. The monoisotopic (exact) mass is 286 g/mol. The quantitative estimate of drug-likeness (QED) is 0.711. The summed E-state index contributed by atoms with van der Waals surface area (Å²) in [6.45, 7) is 5.09. The summed E-state index contributed by atoms with van der Waals surface area (Å²) in [7, 11) is -3.45. The second kappa shape index (κ2) is 4.19. The molecule has 8 heteroatoms. The lowest BCUT2D eigenvalue weighted by molar-refractivity contribution is 0.184. The van der Waals surface area contributed by atoms with Crippen molar-refractivity contribution in [2.45, 2.75) is 45.1 Å². The molecule has 1 saturated heterocycles. The minimum absolute atomic E-state index is 0.220. The second-order valence-electron chi connectivity index (χ2n) is 5.32. The van der Waals surface area contributed by atoms with Crippen LogP contribution in [0.15, 0.2) is 6.20 Å². The van der Waals surface area contributed by atoms with Gasteiger partial charge in [-0.1, -0.05) is 0 Å². The van der Waals surface area contributed by atoms with E-state index in [9.17, 15) is 13.5 Å². The van der Waals surface area contributed by atoms with Gasteiger partial charge in [0.15, 0.2) is 0 Å². The number of anilines is 1. The molecular weight excluding hydrogens is 268 g/mol. The Balaban J connectivity index is 2.04. The van der Waals surface area contributed by atoms with Gasteiger partial charge in [-0.3, -0.25) is 8.99 Å². The number of sulfonamides is 1. The fourth-order valence-corrected chi connectivity index (χ4v) is 4.70. The first kappa shape index (κ1) is 12.9. The number of fused-ring (bicyclic) bond motifs is 1. The average molecular weight is 286 g/mol. The summed E-state index contributed by atoms with van der Waals surface area (Å²) in [6, 6.07) is -0.128. The van der Waals surface area contributed by atoms with E-state index < -0.39 is 22.2 Å². The van der Waals surface area contributed by atoms with Crippen LogP contribution in [0.5, 0.6) is 0 Å². The lowest BCUT2D eigenvalue weighted by atomic mass is 10.2. The van der Waals surface area contributed by atoms with Gasteiger partial charge in [0.2, 0.25) is 10.0 Å². The zero-order chi connectivity index (χ0) is 13.8. The Morgan fingerprint density at radius 2 is 2.21 bits per heavy atom. The van der Waals surface area contributed by atoms with Gasteiger partial charge in [-0.2, -0.15) is 5.10 Å². The molecule has 0 aliphatic carbocycles. The standard InChI is InChI=1S/C11H18N4O3S/c1-7-5-14-9(3-12-7)10(4-13-14)15-8(2)11(16)6-19(15,17)18/h4,7-8,11-12,16H,3,5-6H2,1-2H3/t7-,8?,11?/m0/s1. The number of nitrogens with one attached hydrogen (secondary N) is 1. The highest BCUT2D eigenvalue weighted by molar-refractivity contribution is 7.93. The zero-order valence-electron chi connectivity index (χ0n) is 10.9. The fourth-order valence-electron chi connectivity index (χ4n) is 2.73. The van der Waals surface area contributed by atoms with Crippen LogP contribution in [0.25, 0.3) is 0 Å². The van der Waals surface area contributed by atoms with E-state index in [1.165, 1.54) is 4.31 Å². The number of rotatable bonds is 1. The lowest BCUT2D eigenvalue weighted by Crippen LogP contribution is -2.39. The van der Waals surface area contributed by atoms with Crippen molar-refractivity contribution in [1.82, 2.24) is 15.1 Å². The van der Waals surface area contributed by atoms with E-state index in [1.54, 1.807) is 13.1 Å². The molecule has 0 spiro atoms. The van der Waals surface area contributed by atoms with Gasteiger partial charge >= 0.3 is 0 Å². The summed E-state index contributed by atoms with van der Waals surface area (Å²) in [6.07, 6.45) is 0.734. The maximum absolute atomic E-state index is 12.1. The van der Waals surface area contributed by atoms with Gasteiger partial charge in [-0.25, -0.2) is 8.42 Å². The van der Waals surface area contributed by atoms with Gasteiger partial charge < -0.3 is 10.4 Å². The van der Waals surface area contributed by atoms with Crippen molar-refractivity contribution in [3.63, 3.8) is 0 Å². The Labute approximate surface area is 112 Å². The molecular formula is C11H18N4O3S. The van der Waals surface area contributed by atoms with E-state index >= 15 is 0 Å². The van der Waals surface area contributed by atoms with Crippen LogP contribution in [0.1, 0.15) is 19.5 Å². The molecule has 2 unspecified atom stereocenters. The zero-order valence-corrected chi connectivity index (χ0v) is 11.8. The van der Waals surface area contributed by atoms with Crippen molar-refractivity contribution in [3.8, 4) is 0 Å². The third-order valence-corrected chi connectivity index (χ3v) is 5.73. The van der Waals surface area contributed by atoms with Crippen LogP contribution in [-0.4, -0.2) is 47.2 Å². The fraction of sp³-hybridized carbons (Fsp3) is 0.727. The van der Waals surface area contributed by atoms with Crippen LogP contribution in [0, 0.1) is 0 Å². The first-order valence-corrected chi connectivity index (χ1v) is 7.99. The van der Waals surface area contributed by atoms with E-state index in [1.807, 2.05) is 4.68 Å². The van der Waals surface area contributed by atoms with Crippen LogP contribution in [0.2, 0.25) is 0 Å². The van der Waals surface area contributed by atoms with Gasteiger partial charge in [0, 0.05) is 12.6 Å². The highest BCUT2D eigenvalue weighted by atomic mass is 32.2. The number of hydrogen-bond donors (Lipinski definition) is 2. The van der Waals surface area contributed by atoms with Gasteiger partial charge in [-0.05, 0) is 13.8 Å². The molecule has 1 aromatic rings. The van der Waals surface area contributed by atoms with E-state index in [4.69, 9.17) is 0 Å². The van der Waals surface area contributed by atoms with E-state index in [2.05, 4.69) is 17.3 Å². The summed E-state index contributed by atoms with van der Waals surface area (Å²) in [5.41, 5.74) is 1.45. The molecule has 106 valence electrons. The highest BCUT2D eigenvalue weighted by Crippen LogP contribution is 2.32. The predicted octanol–water partition coefficient (Wildman–Crippen LogP) is -0.726. The summed E-state index contributed by atoms with van der Waals surface area (Å²) < 4.78 is 27.4. The molecule has 0 saturated carbocycles. The van der Waals surface area contributed by atoms with Crippen molar-refractivity contribution in [1.29, 1.82) is 0 Å². The maximum Gasteiger partial charge on any atom is 0.238 e. The molecule has 3 heterocycles. The molecule has 0 bridgehead atoms. The van der Waals surface area contributed by atoms with Crippen LogP contribution >= 0.6 is 0 Å². The third kappa shape index (κ3) is 1.94. The smallest absolute Gasteiger partial charge is 0.238 e. The van der Waals surface area contributed by atoms with E-state index in [0.29, 0.717) is 18.3 Å². The molecule has 19 heavy (non-hydrogen) atoms. The van der Waals surface area contributed by atoms with E-state index in [0.717, 1.165) is 12.2 Å². The van der Waals surface area contributed by atoms with Crippen molar-refractivity contribution in [2.24, 2.45) is 0 Å². The number of aliphatic hydroxyl groups excluding tert-OH is 1. The first-order valence-electron chi connectivity index (χ1n) is 6.38. The van der Waals surface area contributed by atoms with Crippen LogP contribution in [0.4, 0.5) is 5.69 Å². The Kier molecular flexibility index (Phi) is 2.84. The third-order valence-electron chi connectivity index (χ3n) is 3.84. The number of aliphatic hydroxyl groups is 1. The molecule has 0 aromatic carbocycles. The molecule has 2 aliphatic rings. The normalized spacial score (nSPS) is 33.4. The Morgan fingerprint density at radius 3 is 2.84 bits per heavy atom. The Bertz CT molecular complexity index is 597. The van der Waals surface area contributed by atoms with Crippen molar-refractivity contribution < 1.29 is 13.5 Å². The molecule has 7 nitrogen and oxygen atoms in total. The lowest BCUT2D eigenvalue weighted by Gasteiger charge is -2.27. The largest absolute Gasteiger partial charge is 0.390 e. The van der Waals surface area contributed by atoms with Crippen molar-refractivity contribution in [2.75, 3.05) is 10.1 Å². The summed E-state index contributed by atoms with van der Waals surface area (Å²) in [4.78, 5) is 0. The topological polar surface area (TPSA) is 87.5 Å². The SMILES string of the molecule is CC1C(O)CS(=O)(=O)N1c1cnn2c1CN[C@@H](C)C2. The minimum atomic E-state index is -3.45. The predicted molar refractivity (Wildman–Crippen MR) is 70.3 cm³/mol. The molecule has 1 fully saturated rings. The Hall–Kier alpha value is -1.12. The summed E-state index contributed by atoms with van der Waals surface area (Å²) >= 11 is 0. The first-order chi connectivity index (χ1) is 8.90. The highest BCUT2D eigenvalue weighted by Gasteiger charge is 2.43. The Morgan fingerprint density at radius 1 is 1.47 bits per heavy atom.